The average molecular weight is 270 g/mol. The van der Waals surface area contributed by atoms with Gasteiger partial charge in [0.15, 0.2) is 0 Å². The zero-order valence-electron chi connectivity index (χ0n) is 12.9. The summed E-state index contributed by atoms with van der Waals surface area (Å²) < 4.78 is 0. The van der Waals surface area contributed by atoms with Crippen LogP contribution in [0.1, 0.15) is 23.9 Å². The van der Waals surface area contributed by atoms with Gasteiger partial charge in [0, 0.05) is 25.3 Å². The molecule has 0 aliphatic rings. The summed E-state index contributed by atoms with van der Waals surface area (Å²) in [6.07, 6.45) is 1.06. The maximum Gasteiger partial charge on any atom is 0.141 e. The van der Waals surface area contributed by atoms with E-state index in [1.165, 1.54) is 5.56 Å². The number of rotatable bonds is 4. The topological polar surface area (TPSA) is 41.1 Å². The van der Waals surface area contributed by atoms with E-state index in [0.717, 1.165) is 35.1 Å². The van der Waals surface area contributed by atoms with Crippen LogP contribution in [-0.4, -0.2) is 24.1 Å². The number of hydrogen-bond acceptors (Lipinski definition) is 4. The van der Waals surface area contributed by atoms with Crippen LogP contribution in [0.4, 0.5) is 17.3 Å². The minimum Gasteiger partial charge on any atom is -0.373 e. The van der Waals surface area contributed by atoms with Crippen LogP contribution in [0, 0.1) is 13.8 Å². The Balaban J connectivity index is 2.41. The number of anilines is 3. The highest BCUT2D eigenvalue weighted by molar-refractivity contribution is 5.66. The van der Waals surface area contributed by atoms with Gasteiger partial charge in [-0.25, -0.2) is 9.97 Å². The molecule has 2 rings (SSSR count). The van der Waals surface area contributed by atoms with Crippen LogP contribution in [0.2, 0.25) is 0 Å². The number of nitrogens with one attached hydrogen (secondary N) is 1. The second-order valence-corrected chi connectivity index (χ2v) is 4.90. The fraction of sp³-hybridized carbons (Fsp3) is 0.375. The van der Waals surface area contributed by atoms with E-state index in [1.807, 2.05) is 27.9 Å². The quantitative estimate of drug-likeness (QED) is 0.923. The molecule has 0 spiro atoms. The summed E-state index contributed by atoms with van der Waals surface area (Å²) in [4.78, 5) is 11.1. The molecule has 4 nitrogen and oxygen atoms in total. The van der Waals surface area contributed by atoms with Crippen molar-refractivity contribution in [1.29, 1.82) is 0 Å². The minimum absolute atomic E-state index is 0.770. The molecule has 1 heterocycles. The molecule has 0 radical (unpaired) electrons. The van der Waals surface area contributed by atoms with Gasteiger partial charge in [0.1, 0.15) is 17.5 Å². The Morgan fingerprint density at radius 1 is 1.10 bits per heavy atom. The van der Waals surface area contributed by atoms with Crippen LogP contribution < -0.4 is 10.2 Å². The summed E-state index contributed by atoms with van der Waals surface area (Å²) >= 11 is 0. The summed E-state index contributed by atoms with van der Waals surface area (Å²) in [6.45, 7) is 6.12. The summed E-state index contributed by atoms with van der Waals surface area (Å²) in [5.41, 5.74) is 3.53. The van der Waals surface area contributed by atoms with E-state index in [9.17, 15) is 0 Å². The molecule has 0 atom stereocenters. The maximum absolute atomic E-state index is 4.58. The Kier molecular flexibility index (Phi) is 4.23. The van der Waals surface area contributed by atoms with E-state index >= 15 is 0 Å². The van der Waals surface area contributed by atoms with E-state index in [0.29, 0.717) is 0 Å². The number of aryl methyl sites for hydroxylation is 2. The van der Waals surface area contributed by atoms with Crippen LogP contribution in [0.25, 0.3) is 0 Å². The summed E-state index contributed by atoms with van der Waals surface area (Å²) in [6, 6.07) is 8.59. The first kappa shape index (κ1) is 14.3. The molecular formula is C16H22N4. The van der Waals surface area contributed by atoms with Gasteiger partial charge in [0.2, 0.25) is 0 Å². The van der Waals surface area contributed by atoms with E-state index in [1.54, 1.807) is 0 Å². The normalized spacial score (nSPS) is 10.4. The molecule has 20 heavy (non-hydrogen) atoms. The molecule has 0 amide bonds. The third kappa shape index (κ3) is 2.74. The third-order valence-electron chi connectivity index (χ3n) is 3.52. The summed E-state index contributed by atoms with van der Waals surface area (Å²) in [5, 5.41) is 3.12. The number of benzene rings is 1. The predicted molar refractivity (Wildman–Crippen MR) is 84.9 cm³/mol. The van der Waals surface area contributed by atoms with Gasteiger partial charge >= 0.3 is 0 Å². The smallest absolute Gasteiger partial charge is 0.141 e. The third-order valence-corrected chi connectivity index (χ3v) is 3.52. The predicted octanol–water partition coefficient (Wildman–Crippen LogP) is 3.47. The Bertz CT molecular complexity index is 590. The van der Waals surface area contributed by atoms with Crippen LogP contribution in [0.5, 0.6) is 0 Å². The number of hydrogen-bond donors (Lipinski definition) is 1. The number of nitrogens with zero attached hydrogens (tertiary/aromatic N) is 3. The molecule has 106 valence electrons. The molecule has 1 aromatic heterocycles. The van der Waals surface area contributed by atoms with E-state index < -0.39 is 0 Å². The molecule has 0 bridgehead atoms. The molecule has 0 unspecified atom stereocenters. The number of aromatic nitrogens is 2. The van der Waals surface area contributed by atoms with Gasteiger partial charge < -0.3 is 10.2 Å². The van der Waals surface area contributed by atoms with Crippen LogP contribution in [0.15, 0.2) is 24.3 Å². The first-order valence-electron chi connectivity index (χ1n) is 6.92. The Labute approximate surface area is 120 Å². The molecule has 0 aliphatic carbocycles. The van der Waals surface area contributed by atoms with Crippen molar-refractivity contribution in [3.63, 3.8) is 0 Å². The van der Waals surface area contributed by atoms with Gasteiger partial charge in [-0.1, -0.05) is 19.1 Å². The van der Waals surface area contributed by atoms with Crippen molar-refractivity contribution in [2.24, 2.45) is 0 Å². The van der Waals surface area contributed by atoms with Crippen molar-refractivity contribution < 1.29 is 0 Å². The van der Waals surface area contributed by atoms with Crippen LogP contribution in [-0.2, 0) is 6.42 Å². The summed E-state index contributed by atoms with van der Waals surface area (Å²) in [5.74, 6) is 2.59. The highest BCUT2D eigenvalue weighted by Gasteiger charge is 2.13. The average Bonchev–Trinajstić information content (AvgIpc) is 2.48. The fourth-order valence-electron chi connectivity index (χ4n) is 2.26. The molecular weight excluding hydrogens is 248 g/mol. The second kappa shape index (κ2) is 5.90. The Morgan fingerprint density at radius 2 is 1.75 bits per heavy atom. The van der Waals surface area contributed by atoms with E-state index in [4.69, 9.17) is 0 Å². The first-order chi connectivity index (χ1) is 9.56. The molecule has 0 saturated heterocycles. The molecule has 1 N–H and O–H groups in total. The van der Waals surface area contributed by atoms with Crippen molar-refractivity contribution in [1.82, 2.24) is 9.97 Å². The van der Waals surface area contributed by atoms with Crippen molar-refractivity contribution in [2.75, 3.05) is 24.3 Å². The monoisotopic (exact) mass is 270 g/mol. The Morgan fingerprint density at radius 3 is 2.30 bits per heavy atom. The molecule has 0 fully saturated rings. The first-order valence-corrected chi connectivity index (χ1v) is 6.92. The highest BCUT2D eigenvalue weighted by Crippen LogP contribution is 2.28. The Hall–Kier alpha value is -2.10. The van der Waals surface area contributed by atoms with Gasteiger partial charge in [-0.05, 0) is 38.0 Å². The van der Waals surface area contributed by atoms with Crippen molar-refractivity contribution >= 4 is 17.3 Å². The maximum atomic E-state index is 4.58. The van der Waals surface area contributed by atoms with Crippen LogP contribution >= 0.6 is 0 Å². The summed E-state index contributed by atoms with van der Waals surface area (Å²) in [7, 11) is 3.92. The molecule has 1 aromatic carbocycles. The lowest BCUT2D eigenvalue weighted by Crippen LogP contribution is -2.15. The lowest BCUT2D eigenvalue weighted by Gasteiger charge is -2.22. The van der Waals surface area contributed by atoms with Gasteiger partial charge in [-0.2, -0.15) is 0 Å². The standard InChI is InChI=1S/C16H22N4/c1-6-13-7-9-14(10-8-13)20(5)16-11(2)15(17-4)18-12(3)19-16/h7-10H,6H2,1-5H3,(H,17,18,19). The lowest BCUT2D eigenvalue weighted by atomic mass is 10.1. The van der Waals surface area contributed by atoms with Gasteiger partial charge in [-0.15, -0.1) is 0 Å². The van der Waals surface area contributed by atoms with Gasteiger partial charge in [0.25, 0.3) is 0 Å². The zero-order chi connectivity index (χ0) is 14.7. The van der Waals surface area contributed by atoms with Crippen molar-refractivity contribution in [2.45, 2.75) is 27.2 Å². The lowest BCUT2D eigenvalue weighted by molar-refractivity contribution is 0.992. The highest BCUT2D eigenvalue weighted by atomic mass is 15.2. The van der Waals surface area contributed by atoms with E-state index in [-0.39, 0.29) is 0 Å². The molecule has 4 heteroatoms. The molecule has 2 aromatic rings. The minimum atomic E-state index is 0.770. The molecule has 0 saturated carbocycles. The SMILES string of the molecule is CCc1ccc(N(C)c2nc(C)nc(NC)c2C)cc1. The fourth-order valence-corrected chi connectivity index (χ4v) is 2.26. The van der Waals surface area contributed by atoms with Crippen molar-refractivity contribution in [3.8, 4) is 0 Å². The largest absolute Gasteiger partial charge is 0.373 e. The zero-order valence-corrected chi connectivity index (χ0v) is 12.9. The second-order valence-electron chi connectivity index (χ2n) is 4.90. The van der Waals surface area contributed by atoms with Gasteiger partial charge in [0.05, 0.1) is 0 Å². The van der Waals surface area contributed by atoms with E-state index in [2.05, 4.69) is 51.4 Å². The van der Waals surface area contributed by atoms with Gasteiger partial charge in [-0.3, -0.25) is 0 Å². The van der Waals surface area contributed by atoms with Crippen molar-refractivity contribution in [3.05, 3.63) is 41.2 Å². The molecule has 0 aliphatic heterocycles. The van der Waals surface area contributed by atoms with Crippen LogP contribution in [0.3, 0.4) is 0 Å².